The fourth-order valence-corrected chi connectivity index (χ4v) is 3.85. The second-order valence-electron chi connectivity index (χ2n) is 6.98. The Hall–Kier alpha value is -2.81. The summed E-state index contributed by atoms with van der Waals surface area (Å²) in [6, 6.07) is 5.37. The van der Waals surface area contributed by atoms with Crippen molar-refractivity contribution in [1.82, 2.24) is 14.9 Å². The molecule has 0 radical (unpaired) electrons. The van der Waals surface area contributed by atoms with Crippen molar-refractivity contribution in [2.75, 3.05) is 32.2 Å². The normalized spacial score (nSPS) is 14.1. The molecule has 1 aliphatic heterocycles. The zero-order valence-corrected chi connectivity index (χ0v) is 17.2. The lowest BCUT2D eigenvalue weighted by atomic mass is 10.0. The molecule has 29 heavy (non-hydrogen) atoms. The first kappa shape index (κ1) is 20.9. The highest BCUT2D eigenvalue weighted by molar-refractivity contribution is 7.90. The van der Waals surface area contributed by atoms with Crippen molar-refractivity contribution in [3.63, 3.8) is 0 Å². The number of aromatic nitrogens is 2. The van der Waals surface area contributed by atoms with Gasteiger partial charge < -0.3 is 9.64 Å². The smallest absolute Gasteiger partial charge is 0.340 e. The molecule has 0 aliphatic carbocycles. The third kappa shape index (κ3) is 5.17. The van der Waals surface area contributed by atoms with Crippen LogP contribution in [0.5, 0.6) is 0 Å². The Morgan fingerprint density at radius 2 is 2.00 bits per heavy atom. The number of sulfone groups is 1. The standard InChI is InChI=1S/C20H23N3O5S/c1-28-20(25)16-12-14-5-9-23(18(24)7-11-29(2,26)27)10-6-17(14)22-19(16)15-4-3-8-21-13-15/h3-4,8,12-13H,5-7,9-11H2,1-2H3. The molecule has 0 saturated heterocycles. The van der Waals surface area contributed by atoms with Gasteiger partial charge in [-0.3, -0.25) is 14.8 Å². The van der Waals surface area contributed by atoms with Gasteiger partial charge in [-0.1, -0.05) is 0 Å². The van der Waals surface area contributed by atoms with Crippen LogP contribution in [0, 0.1) is 0 Å². The van der Waals surface area contributed by atoms with E-state index in [2.05, 4.69) is 4.98 Å². The van der Waals surface area contributed by atoms with Crippen LogP contribution in [0.3, 0.4) is 0 Å². The number of hydrogen-bond acceptors (Lipinski definition) is 7. The highest BCUT2D eigenvalue weighted by atomic mass is 32.2. The van der Waals surface area contributed by atoms with Crippen molar-refractivity contribution in [3.05, 3.63) is 47.4 Å². The van der Waals surface area contributed by atoms with E-state index in [9.17, 15) is 18.0 Å². The molecular formula is C20H23N3O5S. The number of methoxy groups -OCH3 is 1. The molecule has 0 bridgehead atoms. The van der Waals surface area contributed by atoms with E-state index in [1.807, 2.05) is 6.07 Å². The van der Waals surface area contributed by atoms with E-state index >= 15 is 0 Å². The van der Waals surface area contributed by atoms with E-state index in [0.29, 0.717) is 42.8 Å². The third-order valence-corrected chi connectivity index (χ3v) is 5.79. The first-order valence-electron chi connectivity index (χ1n) is 9.25. The highest BCUT2D eigenvalue weighted by Crippen LogP contribution is 2.26. The Morgan fingerprint density at radius 3 is 2.66 bits per heavy atom. The minimum atomic E-state index is -3.19. The number of nitrogens with zero attached hydrogens (tertiary/aromatic N) is 3. The number of pyridine rings is 2. The lowest BCUT2D eigenvalue weighted by Crippen LogP contribution is -2.34. The topological polar surface area (TPSA) is 107 Å². The minimum absolute atomic E-state index is 0.0308. The van der Waals surface area contributed by atoms with Crippen LogP contribution >= 0.6 is 0 Å². The van der Waals surface area contributed by atoms with Crippen LogP contribution in [0.4, 0.5) is 0 Å². The quantitative estimate of drug-likeness (QED) is 0.675. The Balaban J connectivity index is 1.88. The van der Waals surface area contributed by atoms with E-state index in [1.165, 1.54) is 7.11 Å². The summed E-state index contributed by atoms with van der Waals surface area (Å²) in [7, 11) is -1.87. The Bertz CT molecular complexity index is 1020. The van der Waals surface area contributed by atoms with Crippen LogP contribution in [0.15, 0.2) is 30.6 Å². The van der Waals surface area contributed by atoms with E-state index in [-0.39, 0.29) is 18.1 Å². The average Bonchev–Trinajstić information content (AvgIpc) is 2.92. The first-order chi connectivity index (χ1) is 13.8. The summed E-state index contributed by atoms with van der Waals surface area (Å²) >= 11 is 0. The van der Waals surface area contributed by atoms with Gasteiger partial charge in [0.15, 0.2) is 0 Å². The predicted octanol–water partition coefficient (Wildman–Crippen LogP) is 1.29. The van der Waals surface area contributed by atoms with Gasteiger partial charge in [-0.25, -0.2) is 13.2 Å². The largest absolute Gasteiger partial charge is 0.465 e. The lowest BCUT2D eigenvalue weighted by molar-refractivity contribution is -0.130. The summed E-state index contributed by atoms with van der Waals surface area (Å²) in [5, 5.41) is 0. The van der Waals surface area contributed by atoms with Gasteiger partial charge in [0, 0.05) is 55.8 Å². The number of carbonyl (C=O) groups is 2. The molecule has 0 aromatic carbocycles. The maximum atomic E-state index is 12.4. The third-order valence-electron chi connectivity index (χ3n) is 4.84. The van der Waals surface area contributed by atoms with Gasteiger partial charge in [0.25, 0.3) is 0 Å². The molecule has 8 nitrogen and oxygen atoms in total. The highest BCUT2D eigenvalue weighted by Gasteiger charge is 2.24. The SMILES string of the molecule is COC(=O)c1cc2c(nc1-c1cccnc1)CCN(C(=O)CCS(C)(=O)=O)CC2. The monoisotopic (exact) mass is 417 g/mol. The number of hydrogen-bond donors (Lipinski definition) is 0. The van der Waals surface area contributed by atoms with E-state index in [1.54, 1.807) is 29.4 Å². The van der Waals surface area contributed by atoms with Gasteiger partial charge in [0.05, 0.1) is 24.1 Å². The van der Waals surface area contributed by atoms with Gasteiger partial charge in [0.2, 0.25) is 5.91 Å². The summed E-state index contributed by atoms with van der Waals surface area (Å²) < 4.78 is 27.6. The predicted molar refractivity (Wildman–Crippen MR) is 107 cm³/mol. The molecule has 0 atom stereocenters. The van der Waals surface area contributed by atoms with Gasteiger partial charge in [-0.2, -0.15) is 0 Å². The number of esters is 1. The molecule has 9 heteroatoms. The Morgan fingerprint density at radius 1 is 1.24 bits per heavy atom. The summed E-state index contributed by atoms with van der Waals surface area (Å²) in [4.78, 5) is 35.2. The number of carbonyl (C=O) groups excluding carboxylic acids is 2. The zero-order valence-electron chi connectivity index (χ0n) is 16.4. The molecule has 1 aliphatic rings. The molecule has 2 aromatic rings. The molecular weight excluding hydrogens is 394 g/mol. The van der Waals surface area contributed by atoms with Crippen molar-refractivity contribution >= 4 is 21.7 Å². The molecule has 154 valence electrons. The molecule has 1 amide bonds. The van der Waals surface area contributed by atoms with Crippen molar-refractivity contribution in [2.24, 2.45) is 0 Å². The second kappa shape index (κ2) is 8.69. The molecule has 0 saturated carbocycles. The summed E-state index contributed by atoms with van der Waals surface area (Å²) in [5.74, 6) is -0.834. The molecule has 3 heterocycles. The van der Waals surface area contributed by atoms with Crippen LogP contribution in [0.2, 0.25) is 0 Å². The number of ether oxygens (including phenoxy) is 1. The number of fused-ring (bicyclic) bond motifs is 1. The van der Waals surface area contributed by atoms with Crippen molar-refractivity contribution in [2.45, 2.75) is 19.3 Å². The molecule has 0 fully saturated rings. The molecule has 2 aromatic heterocycles. The van der Waals surface area contributed by atoms with Crippen molar-refractivity contribution in [3.8, 4) is 11.3 Å². The maximum Gasteiger partial charge on any atom is 0.340 e. The van der Waals surface area contributed by atoms with Crippen LogP contribution in [0.25, 0.3) is 11.3 Å². The van der Waals surface area contributed by atoms with Gasteiger partial charge in [0.1, 0.15) is 9.84 Å². The Kier molecular flexibility index (Phi) is 6.26. The van der Waals surface area contributed by atoms with Crippen LogP contribution in [0.1, 0.15) is 28.0 Å². The van der Waals surface area contributed by atoms with E-state index < -0.39 is 15.8 Å². The van der Waals surface area contributed by atoms with Gasteiger partial charge in [-0.05, 0) is 30.2 Å². The maximum absolute atomic E-state index is 12.4. The zero-order chi connectivity index (χ0) is 21.0. The number of rotatable bonds is 5. The minimum Gasteiger partial charge on any atom is -0.465 e. The molecule has 3 rings (SSSR count). The molecule has 0 spiro atoms. The summed E-state index contributed by atoms with van der Waals surface area (Å²) in [6.45, 7) is 0.900. The molecule has 0 unspecified atom stereocenters. The summed E-state index contributed by atoms with van der Waals surface area (Å²) in [6.07, 6.45) is 5.43. The van der Waals surface area contributed by atoms with Crippen molar-refractivity contribution < 1.29 is 22.7 Å². The van der Waals surface area contributed by atoms with Gasteiger partial charge in [-0.15, -0.1) is 0 Å². The summed E-state index contributed by atoms with van der Waals surface area (Å²) in [5.41, 5.74) is 3.27. The number of amides is 1. The van der Waals surface area contributed by atoms with Crippen LogP contribution < -0.4 is 0 Å². The second-order valence-corrected chi connectivity index (χ2v) is 9.24. The van der Waals surface area contributed by atoms with E-state index in [0.717, 1.165) is 17.5 Å². The van der Waals surface area contributed by atoms with E-state index in [4.69, 9.17) is 9.72 Å². The van der Waals surface area contributed by atoms with Crippen LogP contribution in [-0.2, 0) is 32.2 Å². The fourth-order valence-electron chi connectivity index (χ4n) is 3.30. The lowest BCUT2D eigenvalue weighted by Gasteiger charge is -2.19. The van der Waals surface area contributed by atoms with Crippen LogP contribution in [-0.4, -0.2) is 67.4 Å². The first-order valence-corrected chi connectivity index (χ1v) is 11.3. The Labute approximate surface area is 169 Å². The van der Waals surface area contributed by atoms with Crippen molar-refractivity contribution in [1.29, 1.82) is 0 Å². The fraction of sp³-hybridized carbons (Fsp3) is 0.400. The molecule has 0 N–H and O–H groups in total. The van der Waals surface area contributed by atoms with Gasteiger partial charge >= 0.3 is 5.97 Å². The average molecular weight is 417 g/mol.